The second kappa shape index (κ2) is 8.33. The summed E-state index contributed by atoms with van der Waals surface area (Å²) in [5.41, 5.74) is 0.808. The summed E-state index contributed by atoms with van der Waals surface area (Å²) in [4.78, 5) is 6.70. The Labute approximate surface area is 189 Å². The number of anilines is 2. The highest BCUT2D eigenvalue weighted by atomic mass is 19.4. The van der Waals surface area contributed by atoms with E-state index in [4.69, 9.17) is 0 Å². The number of pyridine rings is 1. The maximum atomic E-state index is 13.2. The van der Waals surface area contributed by atoms with Crippen LogP contribution in [-0.2, 0) is 6.18 Å². The molecule has 10 heteroatoms. The molecule has 0 saturated carbocycles. The first-order valence-electron chi connectivity index (χ1n) is 10.7. The highest BCUT2D eigenvalue weighted by Gasteiger charge is 2.32. The number of rotatable bonds is 4. The molecule has 3 heterocycles. The van der Waals surface area contributed by atoms with Crippen molar-refractivity contribution in [3.8, 4) is 5.75 Å². The molecule has 4 rings (SSSR count). The van der Waals surface area contributed by atoms with E-state index in [2.05, 4.69) is 25.4 Å². The molecule has 1 aliphatic heterocycles. The predicted molar refractivity (Wildman–Crippen MR) is 119 cm³/mol. The average Bonchev–Trinajstić information content (AvgIpc) is 2.74. The van der Waals surface area contributed by atoms with Gasteiger partial charge < -0.3 is 20.4 Å². The van der Waals surface area contributed by atoms with Crippen molar-refractivity contribution in [1.82, 2.24) is 15.2 Å². The predicted octanol–water partition coefficient (Wildman–Crippen LogP) is 4.58. The van der Waals surface area contributed by atoms with Gasteiger partial charge in [0.2, 0.25) is 0 Å². The monoisotopic (exact) mass is 461 g/mol. The molecule has 1 aliphatic rings. The van der Waals surface area contributed by atoms with E-state index < -0.39 is 29.1 Å². The van der Waals surface area contributed by atoms with E-state index in [0.717, 1.165) is 11.8 Å². The maximum absolute atomic E-state index is 13.2. The maximum Gasteiger partial charge on any atom is 0.416 e. The minimum Gasteiger partial charge on any atom is -0.508 e. The SMILES string of the molecule is Cc1nnc(N[C@H](C)c2cc(O)cc(C(F)(F)F)c2)c2cc(N3CCC(C)(O)CC3)cnc12. The quantitative estimate of drug-likeness (QED) is 0.524. The van der Waals surface area contributed by atoms with Crippen molar-refractivity contribution in [3.63, 3.8) is 0 Å². The summed E-state index contributed by atoms with van der Waals surface area (Å²) in [6.45, 7) is 6.67. The molecule has 33 heavy (non-hydrogen) atoms. The second-order valence-corrected chi connectivity index (χ2v) is 8.88. The number of halogens is 3. The summed E-state index contributed by atoms with van der Waals surface area (Å²) >= 11 is 0. The zero-order chi connectivity index (χ0) is 24.0. The van der Waals surface area contributed by atoms with Gasteiger partial charge in [-0.2, -0.15) is 18.3 Å². The van der Waals surface area contributed by atoms with Crippen LogP contribution in [0.4, 0.5) is 24.7 Å². The molecule has 0 bridgehead atoms. The van der Waals surface area contributed by atoms with Crippen molar-refractivity contribution in [1.29, 1.82) is 0 Å². The van der Waals surface area contributed by atoms with Crippen LogP contribution in [0.5, 0.6) is 5.75 Å². The largest absolute Gasteiger partial charge is 0.508 e. The van der Waals surface area contributed by atoms with E-state index in [1.54, 1.807) is 20.0 Å². The lowest BCUT2D eigenvalue weighted by molar-refractivity contribution is -0.137. The van der Waals surface area contributed by atoms with E-state index in [1.807, 2.05) is 13.0 Å². The van der Waals surface area contributed by atoms with E-state index in [1.165, 1.54) is 6.07 Å². The van der Waals surface area contributed by atoms with Gasteiger partial charge in [-0.1, -0.05) is 0 Å². The number of piperidine rings is 1. The van der Waals surface area contributed by atoms with Crippen molar-refractivity contribution in [3.05, 3.63) is 47.3 Å². The van der Waals surface area contributed by atoms with Gasteiger partial charge in [0, 0.05) is 18.5 Å². The number of hydrogen-bond donors (Lipinski definition) is 3. The highest BCUT2D eigenvalue weighted by molar-refractivity contribution is 5.92. The number of phenols is 1. The van der Waals surface area contributed by atoms with Gasteiger partial charge in [0.25, 0.3) is 0 Å². The number of aromatic hydroxyl groups is 1. The summed E-state index contributed by atoms with van der Waals surface area (Å²) < 4.78 is 39.5. The van der Waals surface area contributed by atoms with Crippen molar-refractivity contribution < 1.29 is 23.4 Å². The first kappa shape index (κ1) is 23.0. The van der Waals surface area contributed by atoms with Gasteiger partial charge in [-0.05, 0) is 63.4 Å². The van der Waals surface area contributed by atoms with Crippen LogP contribution in [0, 0.1) is 6.92 Å². The molecule has 0 amide bonds. The molecular formula is C23H26F3N5O2. The molecule has 0 aliphatic carbocycles. The lowest BCUT2D eigenvalue weighted by Gasteiger charge is -2.37. The molecule has 7 nitrogen and oxygen atoms in total. The molecule has 1 aromatic carbocycles. The van der Waals surface area contributed by atoms with Crippen LogP contribution >= 0.6 is 0 Å². The zero-order valence-corrected chi connectivity index (χ0v) is 18.6. The lowest BCUT2D eigenvalue weighted by Crippen LogP contribution is -2.42. The Morgan fingerprint density at radius 2 is 1.82 bits per heavy atom. The molecule has 1 saturated heterocycles. The van der Waals surface area contributed by atoms with Gasteiger partial charge in [0.05, 0.1) is 40.3 Å². The standard InChI is InChI=1S/C23H26F3N5O2/c1-13(15-8-16(23(24,25)26)10-18(32)9-15)28-21-19-11-17(12-27-20(19)14(2)29-30-21)31-6-4-22(3,33)5-7-31/h8-13,32-33H,4-7H2,1-3H3,(H,28,30)/t13-/m1/s1. The van der Waals surface area contributed by atoms with Gasteiger partial charge in [0.15, 0.2) is 5.82 Å². The molecule has 0 radical (unpaired) electrons. The van der Waals surface area contributed by atoms with Gasteiger partial charge in [-0.25, -0.2) is 0 Å². The first-order chi connectivity index (χ1) is 15.4. The molecule has 3 aromatic rings. The highest BCUT2D eigenvalue weighted by Crippen LogP contribution is 2.35. The van der Waals surface area contributed by atoms with Crippen LogP contribution in [0.2, 0.25) is 0 Å². The summed E-state index contributed by atoms with van der Waals surface area (Å²) in [7, 11) is 0. The Kier molecular flexibility index (Phi) is 5.81. The number of phenolic OH excluding ortho intramolecular Hbond substituents is 1. The number of nitrogens with one attached hydrogen (secondary N) is 1. The number of alkyl halides is 3. The lowest BCUT2D eigenvalue weighted by atomic mass is 9.93. The minimum absolute atomic E-state index is 0.264. The zero-order valence-electron chi connectivity index (χ0n) is 18.6. The normalized spacial score (nSPS) is 17.2. The van der Waals surface area contributed by atoms with Crippen molar-refractivity contribution >= 4 is 22.4 Å². The number of aliphatic hydroxyl groups is 1. The third-order valence-corrected chi connectivity index (χ3v) is 6.10. The van der Waals surface area contributed by atoms with E-state index >= 15 is 0 Å². The average molecular weight is 461 g/mol. The number of aromatic nitrogens is 3. The van der Waals surface area contributed by atoms with Gasteiger partial charge in [-0.3, -0.25) is 4.98 Å². The Morgan fingerprint density at radius 1 is 1.12 bits per heavy atom. The Balaban J connectivity index is 1.67. The minimum atomic E-state index is -4.57. The third kappa shape index (κ3) is 4.95. The van der Waals surface area contributed by atoms with Crippen LogP contribution in [0.25, 0.3) is 10.9 Å². The number of aryl methyl sites for hydroxylation is 1. The summed E-state index contributed by atoms with van der Waals surface area (Å²) in [6.07, 6.45) is -1.53. The fourth-order valence-electron chi connectivity index (χ4n) is 4.01. The summed E-state index contributed by atoms with van der Waals surface area (Å²) in [5, 5.41) is 32.2. The number of nitrogens with zero attached hydrogens (tertiary/aromatic N) is 4. The fraction of sp³-hybridized carbons (Fsp3) is 0.435. The van der Waals surface area contributed by atoms with Crippen molar-refractivity contribution in [2.45, 2.75) is 51.4 Å². The molecule has 1 fully saturated rings. The third-order valence-electron chi connectivity index (χ3n) is 6.10. The van der Waals surface area contributed by atoms with E-state index in [-0.39, 0.29) is 5.56 Å². The van der Waals surface area contributed by atoms with Gasteiger partial charge in [0.1, 0.15) is 5.75 Å². The number of benzene rings is 1. The van der Waals surface area contributed by atoms with Crippen molar-refractivity contribution in [2.24, 2.45) is 0 Å². The Bertz CT molecular complexity index is 1170. The van der Waals surface area contributed by atoms with E-state index in [0.29, 0.717) is 54.4 Å². The molecule has 0 spiro atoms. The first-order valence-corrected chi connectivity index (χ1v) is 10.7. The summed E-state index contributed by atoms with van der Waals surface area (Å²) in [5.74, 6) is -0.0726. The fourth-order valence-corrected chi connectivity index (χ4v) is 4.01. The number of hydrogen-bond acceptors (Lipinski definition) is 7. The van der Waals surface area contributed by atoms with Crippen LogP contribution in [-0.4, -0.2) is 44.1 Å². The van der Waals surface area contributed by atoms with Crippen LogP contribution in [0.3, 0.4) is 0 Å². The van der Waals surface area contributed by atoms with Crippen LogP contribution in [0.15, 0.2) is 30.5 Å². The molecule has 1 atom stereocenters. The molecular weight excluding hydrogens is 435 g/mol. The Hall–Kier alpha value is -3.14. The topological polar surface area (TPSA) is 94.4 Å². The molecule has 176 valence electrons. The molecule has 2 aromatic heterocycles. The van der Waals surface area contributed by atoms with Crippen LogP contribution in [0.1, 0.15) is 49.6 Å². The van der Waals surface area contributed by atoms with Crippen molar-refractivity contribution in [2.75, 3.05) is 23.3 Å². The molecule has 0 unspecified atom stereocenters. The van der Waals surface area contributed by atoms with E-state index in [9.17, 15) is 23.4 Å². The number of fused-ring (bicyclic) bond motifs is 1. The van der Waals surface area contributed by atoms with Crippen LogP contribution < -0.4 is 10.2 Å². The molecule has 3 N–H and O–H groups in total. The van der Waals surface area contributed by atoms with Gasteiger partial charge >= 0.3 is 6.18 Å². The summed E-state index contributed by atoms with van der Waals surface area (Å²) in [6, 6.07) is 4.34. The van der Waals surface area contributed by atoms with Gasteiger partial charge in [-0.15, -0.1) is 5.10 Å². The second-order valence-electron chi connectivity index (χ2n) is 8.88. The Morgan fingerprint density at radius 3 is 2.48 bits per heavy atom. The smallest absolute Gasteiger partial charge is 0.416 e.